The molecule has 1 unspecified atom stereocenters. The number of rotatable bonds is 5. The fraction of sp³-hybridized carbons (Fsp3) is 0.294. The van der Waals surface area contributed by atoms with E-state index in [1.807, 2.05) is 12.1 Å². The van der Waals surface area contributed by atoms with Gasteiger partial charge in [0.1, 0.15) is 0 Å². The minimum Gasteiger partial charge on any atom is -0.378 e. The summed E-state index contributed by atoms with van der Waals surface area (Å²) in [5, 5.41) is 4.43. The van der Waals surface area contributed by atoms with Crippen molar-refractivity contribution in [3.63, 3.8) is 0 Å². The Kier molecular flexibility index (Phi) is 4.86. The van der Waals surface area contributed by atoms with Gasteiger partial charge in [0.25, 0.3) is 0 Å². The highest BCUT2D eigenvalue weighted by Crippen LogP contribution is 2.26. The molecule has 1 nitrogen and oxygen atoms in total. The lowest BCUT2D eigenvalue weighted by Crippen LogP contribution is -2.11. The van der Waals surface area contributed by atoms with E-state index in [4.69, 9.17) is 11.6 Å². The number of hydrogen-bond donors (Lipinski definition) is 1. The highest BCUT2D eigenvalue weighted by atomic mass is 35.5. The third-order valence-electron chi connectivity index (χ3n) is 3.32. The summed E-state index contributed by atoms with van der Waals surface area (Å²) in [5.41, 5.74) is 3.77. The van der Waals surface area contributed by atoms with Crippen LogP contribution in [0.15, 0.2) is 48.5 Å². The molecule has 2 heteroatoms. The van der Waals surface area contributed by atoms with Crippen LogP contribution in [0.4, 0.5) is 5.69 Å². The van der Waals surface area contributed by atoms with Crippen molar-refractivity contribution in [2.45, 2.75) is 32.7 Å². The van der Waals surface area contributed by atoms with Gasteiger partial charge in [0.2, 0.25) is 0 Å². The van der Waals surface area contributed by atoms with Gasteiger partial charge in [-0.3, -0.25) is 0 Å². The fourth-order valence-electron chi connectivity index (χ4n) is 2.23. The van der Waals surface area contributed by atoms with Gasteiger partial charge in [-0.1, -0.05) is 55.3 Å². The van der Waals surface area contributed by atoms with Gasteiger partial charge in [-0.05, 0) is 42.7 Å². The van der Waals surface area contributed by atoms with Gasteiger partial charge in [0.05, 0.1) is 6.04 Å². The maximum atomic E-state index is 5.96. The molecule has 1 atom stereocenters. The van der Waals surface area contributed by atoms with Crippen molar-refractivity contribution in [2.75, 3.05) is 5.32 Å². The standard InChI is InChI=1S/C17H20ClN/c1-3-6-17(14-9-11-15(18)12-10-14)19-16-8-5-4-7-13(16)2/h4-5,7-12,17,19H,3,6H2,1-2H3. The predicted molar refractivity (Wildman–Crippen MR) is 83.9 cm³/mol. The van der Waals surface area contributed by atoms with Crippen LogP contribution in [-0.4, -0.2) is 0 Å². The summed E-state index contributed by atoms with van der Waals surface area (Å²) in [7, 11) is 0. The van der Waals surface area contributed by atoms with Gasteiger partial charge >= 0.3 is 0 Å². The second-order valence-electron chi connectivity index (χ2n) is 4.85. The summed E-state index contributed by atoms with van der Waals surface area (Å²) >= 11 is 5.96. The maximum Gasteiger partial charge on any atom is 0.0513 e. The Bertz CT molecular complexity index is 519. The van der Waals surface area contributed by atoms with Gasteiger partial charge in [-0.25, -0.2) is 0 Å². The summed E-state index contributed by atoms with van der Waals surface area (Å²) in [5.74, 6) is 0. The molecule has 1 N–H and O–H groups in total. The molecule has 0 bridgehead atoms. The van der Waals surface area contributed by atoms with Crippen LogP contribution in [0.25, 0.3) is 0 Å². The van der Waals surface area contributed by atoms with E-state index >= 15 is 0 Å². The average Bonchev–Trinajstić information content (AvgIpc) is 2.42. The molecule has 100 valence electrons. The van der Waals surface area contributed by atoms with Crippen LogP contribution in [0.3, 0.4) is 0 Å². The molecule has 0 aliphatic heterocycles. The van der Waals surface area contributed by atoms with Crippen molar-refractivity contribution in [2.24, 2.45) is 0 Å². The molecule has 0 heterocycles. The monoisotopic (exact) mass is 273 g/mol. The van der Waals surface area contributed by atoms with Crippen LogP contribution in [0.2, 0.25) is 5.02 Å². The van der Waals surface area contributed by atoms with Gasteiger partial charge in [-0.2, -0.15) is 0 Å². The molecular weight excluding hydrogens is 254 g/mol. The molecule has 2 aromatic rings. The van der Waals surface area contributed by atoms with Crippen molar-refractivity contribution in [3.05, 3.63) is 64.7 Å². The molecule has 0 radical (unpaired) electrons. The maximum absolute atomic E-state index is 5.96. The molecule has 0 amide bonds. The van der Waals surface area contributed by atoms with E-state index in [1.54, 1.807) is 0 Å². The number of para-hydroxylation sites is 1. The normalized spacial score (nSPS) is 12.2. The quantitative estimate of drug-likeness (QED) is 0.747. The molecule has 0 fully saturated rings. The zero-order valence-electron chi connectivity index (χ0n) is 11.5. The van der Waals surface area contributed by atoms with E-state index in [9.17, 15) is 0 Å². The highest BCUT2D eigenvalue weighted by Gasteiger charge is 2.11. The number of halogens is 1. The largest absolute Gasteiger partial charge is 0.378 e. The van der Waals surface area contributed by atoms with E-state index in [0.29, 0.717) is 6.04 Å². The molecule has 0 spiro atoms. The molecule has 0 saturated heterocycles. The molecule has 19 heavy (non-hydrogen) atoms. The summed E-state index contributed by atoms with van der Waals surface area (Å²) in [6, 6.07) is 16.9. The number of aryl methyl sites for hydroxylation is 1. The molecular formula is C17H20ClN. The van der Waals surface area contributed by atoms with Crippen LogP contribution >= 0.6 is 11.6 Å². The minimum absolute atomic E-state index is 0.336. The first-order valence-corrected chi connectivity index (χ1v) is 7.16. The first-order valence-electron chi connectivity index (χ1n) is 6.78. The second kappa shape index (κ2) is 6.63. The third-order valence-corrected chi connectivity index (χ3v) is 3.58. The van der Waals surface area contributed by atoms with E-state index in [0.717, 1.165) is 17.9 Å². The third kappa shape index (κ3) is 3.74. The second-order valence-corrected chi connectivity index (χ2v) is 5.29. The Morgan fingerprint density at radius 2 is 1.74 bits per heavy atom. The highest BCUT2D eigenvalue weighted by molar-refractivity contribution is 6.30. The Hall–Kier alpha value is -1.47. The van der Waals surface area contributed by atoms with Crippen molar-refractivity contribution in [1.82, 2.24) is 0 Å². The Morgan fingerprint density at radius 1 is 1.05 bits per heavy atom. The van der Waals surface area contributed by atoms with Crippen molar-refractivity contribution in [1.29, 1.82) is 0 Å². The van der Waals surface area contributed by atoms with E-state index in [1.165, 1.54) is 16.8 Å². The molecule has 2 aromatic carbocycles. The van der Waals surface area contributed by atoms with Gasteiger partial charge in [0, 0.05) is 10.7 Å². The zero-order valence-corrected chi connectivity index (χ0v) is 12.2. The van der Waals surface area contributed by atoms with Crippen LogP contribution in [0.5, 0.6) is 0 Å². The Labute approximate surface area is 120 Å². The van der Waals surface area contributed by atoms with Gasteiger partial charge in [0.15, 0.2) is 0 Å². The summed E-state index contributed by atoms with van der Waals surface area (Å²) in [6.07, 6.45) is 2.25. The van der Waals surface area contributed by atoms with Crippen molar-refractivity contribution >= 4 is 17.3 Å². The van der Waals surface area contributed by atoms with Crippen LogP contribution in [0.1, 0.15) is 36.9 Å². The lowest BCUT2D eigenvalue weighted by molar-refractivity contribution is 0.677. The van der Waals surface area contributed by atoms with Crippen LogP contribution in [-0.2, 0) is 0 Å². The number of benzene rings is 2. The lowest BCUT2D eigenvalue weighted by atomic mass is 10.0. The first kappa shape index (κ1) is 14.0. The molecule has 0 aromatic heterocycles. The summed E-state index contributed by atoms with van der Waals surface area (Å²) < 4.78 is 0. The average molecular weight is 274 g/mol. The molecule has 0 saturated carbocycles. The minimum atomic E-state index is 0.336. The van der Waals surface area contributed by atoms with Gasteiger partial charge in [-0.15, -0.1) is 0 Å². The van der Waals surface area contributed by atoms with Crippen molar-refractivity contribution in [3.8, 4) is 0 Å². The summed E-state index contributed by atoms with van der Waals surface area (Å²) in [6.45, 7) is 4.34. The Balaban J connectivity index is 2.21. The van der Waals surface area contributed by atoms with Crippen LogP contribution in [0, 0.1) is 6.92 Å². The number of nitrogens with one attached hydrogen (secondary N) is 1. The topological polar surface area (TPSA) is 12.0 Å². The van der Waals surface area contributed by atoms with E-state index in [-0.39, 0.29) is 0 Å². The van der Waals surface area contributed by atoms with Crippen LogP contribution < -0.4 is 5.32 Å². The van der Waals surface area contributed by atoms with E-state index < -0.39 is 0 Å². The molecule has 2 rings (SSSR count). The predicted octanol–water partition coefficient (Wildman–Crippen LogP) is 5.60. The molecule has 0 aliphatic carbocycles. The summed E-state index contributed by atoms with van der Waals surface area (Å²) in [4.78, 5) is 0. The zero-order chi connectivity index (χ0) is 13.7. The van der Waals surface area contributed by atoms with E-state index in [2.05, 4.69) is 55.6 Å². The first-order chi connectivity index (χ1) is 9.20. The lowest BCUT2D eigenvalue weighted by Gasteiger charge is -2.21. The molecule has 0 aliphatic rings. The van der Waals surface area contributed by atoms with Gasteiger partial charge < -0.3 is 5.32 Å². The SMILES string of the molecule is CCCC(Nc1ccccc1C)c1ccc(Cl)cc1. The fourth-order valence-corrected chi connectivity index (χ4v) is 2.35. The smallest absolute Gasteiger partial charge is 0.0513 e. The van der Waals surface area contributed by atoms with Crippen molar-refractivity contribution < 1.29 is 0 Å². The number of hydrogen-bond acceptors (Lipinski definition) is 1. The Morgan fingerprint density at radius 3 is 2.37 bits per heavy atom. The number of anilines is 1.